The Morgan fingerprint density at radius 2 is 1.00 bits per heavy atom. The summed E-state index contributed by atoms with van der Waals surface area (Å²) in [6.45, 7) is 8.40. The first-order valence-corrected chi connectivity index (χ1v) is 14.3. The van der Waals surface area contributed by atoms with E-state index >= 15 is 0 Å². The topological polar surface area (TPSA) is 28.3 Å². The molecule has 7 aromatic rings. The minimum absolute atomic E-state index is 0.382. The Balaban J connectivity index is 1.36. The van der Waals surface area contributed by atoms with Gasteiger partial charge >= 0.3 is 7.12 Å². The predicted octanol–water partition coefficient (Wildman–Crippen LogP) is 8.18. The normalized spacial score (nSPS) is 16.4. The molecule has 41 heavy (non-hydrogen) atoms. The number of fused-ring (bicyclic) bond motifs is 6. The highest BCUT2D eigenvalue weighted by Gasteiger charge is 2.51. The van der Waals surface area contributed by atoms with Crippen molar-refractivity contribution in [3.63, 3.8) is 0 Å². The quantitative estimate of drug-likeness (QED) is 0.214. The predicted molar refractivity (Wildman–Crippen MR) is 171 cm³/mol. The molecule has 0 aliphatic carbocycles. The van der Waals surface area contributed by atoms with Crippen LogP contribution in [0.1, 0.15) is 27.7 Å². The van der Waals surface area contributed by atoms with Crippen LogP contribution >= 0.6 is 0 Å². The van der Waals surface area contributed by atoms with E-state index in [1.165, 1.54) is 38.1 Å². The van der Waals surface area contributed by atoms with Crippen molar-refractivity contribution in [1.29, 1.82) is 0 Å². The van der Waals surface area contributed by atoms with E-state index < -0.39 is 7.12 Å². The average Bonchev–Trinajstić information content (AvgIpc) is 3.56. The minimum atomic E-state index is -0.399. The van der Waals surface area contributed by atoms with Crippen molar-refractivity contribution in [1.82, 2.24) is 9.13 Å². The summed E-state index contributed by atoms with van der Waals surface area (Å²) < 4.78 is 17.6. The Bertz CT molecular complexity index is 2100. The van der Waals surface area contributed by atoms with Crippen LogP contribution in [0, 0.1) is 0 Å². The van der Waals surface area contributed by atoms with E-state index in [2.05, 4.69) is 152 Å². The molecule has 0 saturated carbocycles. The summed E-state index contributed by atoms with van der Waals surface area (Å²) >= 11 is 0. The SMILES string of the molecule is CC1(C)OB(c2ccc3c(c2)c2ccccc2n3-c2ccc3c4ccccc4n(-c4ccccc4)c3c2)OC1(C)C. The molecule has 5 heteroatoms. The summed E-state index contributed by atoms with van der Waals surface area (Å²) in [7, 11) is -0.399. The van der Waals surface area contributed by atoms with Crippen LogP contribution in [0.2, 0.25) is 0 Å². The van der Waals surface area contributed by atoms with Gasteiger partial charge in [0.1, 0.15) is 0 Å². The number of nitrogens with zero attached hydrogens (tertiary/aromatic N) is 2. The van der Waals surface area contributed by atoms with Crippen molar-refractivity contribution < 1.29 is 9.31 Å². The van der Waals surface area contributed by atoms with E-state index in [1.807, 2.05) is 0 Å². The van der Waals surface area contributed by atoms with E-state index in [1.54, 1.807) is 0 Å². The van der Waals surface area contributed by atoms with Crippen LogP contribution in [-0.2, 0) is 9.31 Å². The Kier molecular flexibility index (Phi) is 5.13. The Morgan fingerprint density at radius 3 is 1.68 bits per heavy atom. The van der Waals surface area contributed by atoms with Crippen LogP contribution in [-0.4, -0.2) is 27.5 Å². The van der Waals surface area contributed by atoms with Crippen LogP contribution in [0.5, 0.6) is 0 Å². The highest BCUT2D eigenvalue weighted by Crippen LogP contribution is 2.39. The molecule has 0 unspecified atom stereocenters. The smallest absolute Gasteiger partial charge is 0.399 e. The molecular formula is C36H31BN2O2. The molecule has 0 N–H and O–H groups in total. The summed E-state index contributed by atoms with van der Waals surface area (Å²) in [5, 5.41) is 4.91. The summed E-state index contributed by atoms with van der Waals surface area (Å²) in [6, 6.07) is 41.4. The Labute approximate surface area is 239 Å². The number of aromatic nitrogens is 2. The fourth-order valence-corrected chi connectivity index (χ4v) is 6.35. The van der Waals surface area contributed by atoms with Gasteiger partial charge in [-0.25, -0.2) is 0 Å². The van der Waals surface area contributed by atoms with Crippen molar-refractivity contribution in [2.24, 2.45) is 0 Å². The summed E-state index contributed by atoms with van der Waals surface area (Å²) in [6.07, 6.45) is 0. The molecule has 4 nitrogen and oxygen atoms in total. The van der Waals surface area contributed by atoms with Crippen molar-refractivity contribution in [2.75, 3.05) is 0 Å². The second-order valence-electron chi connectivity index (χ2n) is 12.1. The highest BCUT2D eigenvalue weighted by atomic mass is 16.7. The minimum Gasteiger partial charge on any atom is -0.399 e. The molecule has 1 aliphatic rings. The van der Waals surface area contributed by atoms with Gasteiger partial charge in [0, 0.05) is 32.9 Å². The van der Waals surface area contributed by atoms with Gasteiger partial charge in [-0.3, -0.25) is 0 Å². The monoisotopic (exact) mass is 534 g/mol. The number of benzene rings is 5. The maximum Gasteiger partial charge on any atom is 0.494 e. The first-order valence-electron chi connectivity index (χ1n) is 14.3. The molecule has 5 aromatic carbocycles. The maximum atomic E-state index is 6.40. The number of para-hydroxylation sites is 3. The van der Waals surface area contributed by atoms with Gasteiger partial charge in [0.25, 0.3) is 0 Å². The summed E-state index contributed by atoms with van der Waals surface area (Å²) in [5.74, 6) is 0. The van der Waals surface area contributed by atoms with E-state index in [-0.39, 0.29) is 11.2 Å². The molecule has 8 rings (SSSR count). The van der Waals surface area contributed by atoms with Gasteiger partial charge in [0.05, 0.1) is 33.3 Å². The van der Waals surface area contributed by atoms with Gasteiger partial charge in [-0.15, -0.1) is 0 Å². The fourth-order valence-electron chi connectivity index (χ4n) is 6.35. The van der Waals surface area contributed by atoms with Gasteiger partial charge in [-0.1, -0.05) is 72.8 Å². The maximum absolute atomic E-state index is 6.40. The molecule has 0 spiro atoms. The Hall–Kier alpha value is -4.32. The third kappa shape index (κ3) is 3.56. The van der Waals surface area contributed by atoms with Crippen molar-refractivity contribution >= 4 is 56.2 Å². The standard InChI is InChI=1S/C36H31BN2O2/c1-35(2)36(3,4)41-37(40-35)24-18-21-33-30(22-24)28-15-9-11-17-32(28)39(33)26-19-20-29-27-14-8-10-16-31(27)38(34(29)23-26)25-12-6-5-7-13-25/h5-23H,1-4H3. The van der Waals surface area contributed by atoms with Gasteiger partial charge in [-0.05, 0) is 75.6 Å². The average molecular weight is 534 g/mol. The second kappa shape index (κ2) is 8.59. The zero-order chi connectivity index (χ0) is 27.9. The molecule has 0 radical (unpaired) electrons. The summed E-state index contributed by atoms with van der Waals surface area (Å²) in [5.41, 5.74) is 7.30. The van der Waals surface area contributed by atoms with Crippen molar-refractivity contribution in [3.8, 4) is 11.4 Å². The lowest BCUT2D eigenvalue weighted by molar-refractivity contribution is 0.00578. The van der Waals surface area contributed by atoms with Crippen LogP contribution < -0.4 is 5.46 Å². The van der Waals surface area contributed by atoms with Crippen molar-refractivity contribution in [3.05, 3.63) is 115 Å². The van der Waals surface area contributed by atoms with E-state index in [9.17, 15) is 0 Å². The van der Waals surface area contributed by atoms with E-state index in [0.29, 0.717) is 0 Å². The first kappa shape index (κ1) is 24.5. The molecule has 0 amide bonds. The third-order valence-corrected chi connectivity index (χ3v) is 9.15. The molecular weight excluding hydrogens is 503 g/mol. The van der Waals surface area contributed by atoms with Crippen LogP contribution in [0.3, 0.4) is 0 Å². The molecule has 200 valence electrons. The molecule has 1 saturated heterocycles. The highest BCUT2D eigenvalue weighted by molar-refractivity contribution is 6.62. The second-order valence-corrected chi connectivity index (χ2v) is 12.1. The largest absolute Gasteiger partial charge is 0.494 e. The van der Waals surface area contributed by atoms with E-state index in [0.717, 1.165) is 22.4 Å². The lowest BCUT2D eigenvalue weighted by atomic mass is 9.78. The van der Waals surface area contributed by atoms with Gasteiger partial charge in [0.15, 0.2) is 0 Å². The Morgan fingerprint density at radius 1 is 0.463 bits per heavy atom. The molecule has 2 aromatic heterocycles. The molecule has 0 bridgehead atoms. The van der Waals surface area contributed by atoms with Gasteiger partial charge in [0.2, 0.25) is 0 Å². The number of rotatable bonds is 3. The fraction of sp³-hybridized carbons (Fsp3) is 0.167. The first-order chi connectivity index (χ1) is 19.8. The number of hydrogen-bond acceptors (Lipinski definition) is 2. The van der Waals surface area contributed by atoms with Crippen LogP contribution in [0.15, 0.2) is 115 Å². The molecule has 1 fully saturated rings. The zero-order valence-corrected chi connectivity index (χ0v) is 23.8. The lowest BCUT2D eigenvalue weighted by Gasteiger charge is -2.32. The van der Waals surface area contributed by atoms with Crippen LogP contribution in [0.4, 0.5) is 0 Å². The van der Waals surface area contributed by atoms with Crippen LogP contribution in [0.25, 0.3) is 55.0 Å². The van der Waals surface area contributed by atoms with Gasteiger partial charge < -0.3 is 18.4 Å². The van der Waals surface area contributed by atoms with E-state index in [4.69, 9.17) is 9.31 Å². The number of hydrogen-bond donors (Lipinski definition) is 0. The third-order valence-electron chi connectivity index (χ3n) is 9.15. The zero-order valence-electron chi connectivity index (χ0n) is 23.8. The van der Waals surface area contributed by atoms with Gasteiger partial charge in [-0.2, -0.15) is 0 Å². The molecule has 0 atom stereocenters. The van der Waals surface area contributed by atoms with Crippen molar-refractivity contribution in [2.45, 2.75) is 38.9 Å². The summed E-state index contributed by atoms with van der Waals surface area (Å²) in [4.78, 5) is 0. The molecule has 3 heterocycles. The lowest BCUT2D eigenvalue weighted by Crippen LogP contribution is -2.41. The molecule has 1 aliphatic heterocycles.